The standard InChI is InChI=1S/C47H79O13P/c1-3-5-7-9-11-13-15-17-19-20-22-24-26-28-30-32-34-36-41(49)59-39(38-58-61(55,56)60-47-45(53)43(51)42(50)44(52)46(47)54)37-57-40(48)35-33-31-29-27-25-23-21-18-16-14-12-10-8-6-4-2/h7,9,12-15,18-21,24,26,39,42-47,50-54H,3-6,8,10-11,16-17,22-23,25,27-38H2,1-2H3,(H,55,56)/b9-7+,14-12+,15-13+,20-19+,21-18+,26-24+/t39-,42?,43+,44?,45?,46?,47?/m1/s1. The fourth-order valence-electron chi connectivity index (χ4n) is 6.31. The second kappa shape index (κ2) is 36.7. The molecule has 0 aromatic rings. The zero-order valence-corrected chi connectivity index (χ0v) is 37.8. The van der Waals surface area contributed by atoms with E-state index in [9.17, 15) is 44.6 Å². The lowest BCUT2D eigenvalue weighted by Crippen LogP contribution is -2.64. The SMILES string of the molecule is CCC/C=C/C/C=C/C/C=C/C/C=C/CCCCCC(=O)O[C@H](COC(=O)CCCCCCC/C=C/C/C=C/CCCCC)COP(=O)(O)OC1C(O)C(O)C(O)[C@H](O)C1O. The van der Waals surface area contributed by atoms with Gasteiger partial charge < -0.3 is 39.9 Å². The van der Waals surface area contributed by atoms with Crippen molar-refractivity contribution in [2.45, 2.75) is 198 Å². The molecule has 0 radical (unpaired) electrons. The summed E-state index contributed by atoms with van der Waals surface area (Å²) in [5.41, 5.74) is 0. The Labute approximate surface area is 365 Å². The van der Waals surface area contributed by atoms with Crippen molar-refractivity contribution < 1.29 is 63.1 Å². The first-order valence-electron chi connectivity index (χ1n) is 22.7. The third-order valence-corrected chi connectivity index (χ3v) is 11.0. The highest BCUT2D eigenvalue weighted by Gasteiger charge is 2.51. The van der Waals surface area contributed by atoms with Crippen molar-refractivity contribution in [3.05, 3.63) is 72.9 Å². The van der Waals surface area contributed by atoms with Crippen molar-refractivity contribution in [1.82, 2.24) is 0 Å². The smallest absolute Gasteiger partial charge is 0.462 e. The molecule has 0 aromatic heterocycles. The van der Waals surface area contributed by atoms with Gasteiger partial charge >= 0.3 is 19.8 Å². The quantitative estimate of drug-likeness (QED) is 0.0151. The molecule has 0 amide bonds. The van der Waals surface area contributed by atoms with Crippen LogP contribution in [0.15, 0.2) is 72.9 Å². The summed E-state index contributed by atoms with van der Waals surface area (Å²) < 4.78 is 33.5. The molecule has 0 spiro atoms. The molecule has 13 nitrogen and oxygen atoms in total. The van der Waals surface area contributed by atoms with Crippen LogP contribution in [0.5, 0.6) is 0 Å². The number of phosphoric ester groups is 1. The van der Waals surface area contributed by atoms with Crippen LogP contribution in [0.4, 0.5) is 0 Å². The zero-order chi connectivity index (χ0) is 45.0. The van der Waals surface area contributed by atoms with Gasteiger partial charge in [0.2, 0.25) is 0 Å². The van der Waals surface area contributed by atoms with E-state index in [1.165, 1.54) is 25.7 Å². The Morgan fingerprint density at radius 2 is 0.918 bits per heavy atom. The summed E-state index contributed by atoms with van der Waals surface area (Å²) in [6.07, 6.45) is 32.4. The number of phosphoric acid groups is 1. The van der Waals surface area contributed by atoms with Crippen molar-refractivity contribution in [1.29, 1.82) is 0 Å². The molecule has 0 heterocycles. The number of esters is 2. The second-order valence-corrected chi connectivity index (χ2v) is 16.9. The Balaban J connectivity index is 2.52. The van der Waals surface area contributed by atoms with E-state index in [-0.39, 0.29) is 12.8 Å². The molecule has 6 N–H and O–H groups in total. The van der Waals surface area contributed by atoms with Crippen LogP contribution in [0, 0.1) is 0 Å². The molecular weight excluding hydrogens is 803 g/mol. The first-order valence-corrected chi connectivity index (χ1v) is 24.2. The highest BCUT2D eigenvalue weighted by molar-refractivity contribution is 7.47. The molecule has 1 aliphatic rings. The van der Waals surface area contributed by atoms with Crippen LogP contribution in [-0.2, 0) is 32.7 Å². The Kier molecular flexibility index (Phi) is 33.9. The Morgan fingerprint density at radius 3 is 1.43 bits per heavy atom. The number of hydrogen-bond acceptors (Lipinski definition) is 12. The summed E-state index contributed by atoms with van der Waals surface area (Å²) in [6.45, 7) is 3.15. The Hall–Kier alpha value is -2.71. The number of aliphatic hydroxyl groups is 5. The van der Waals surface area contributed by atoms with Crippen LogP contribution in [0.25, 0.3) is 0 Å². The average molecular weight is 883 g/mol. The third kappa shape index (κ3) is 29.3. The van der Waals surface area contributed by atoms with Crippen molar-refractivity contribution in [2.24, 2.45) is 0 Å². The van der Waals surface area contributed by atoms with E-state index in [4.69, 9.17) is 18.5 Å². The number of hydrogen-bond donors (Lipinski definition) is 6. The number of ether oxygens (including phenoxy) is 2. The van der Waals surface area contributed by atoms with E-state index >= 15 is 0 Å². The summed E-state index contributed by atoms with van der Waals surface area (Å²) in [6, 6.07) is 0. The number of aliphatic hydroxyl groups excluding tert-OH is 5. The van der Waals surface area contributed by atoms with E-state index in [0.29, 0.717) is 12.8 Å². The molecule has 1 aliphatic carbocycles. The summed E-state index contributed by atoms with van der Waals surface area (Å²) in [7, 11) is -5.13. The van der Waals surface area contributed by atoms with Crippen molar-refractivity contribution in [3.63, 3.8) is 0 Å². The Morgan fingerprint density at radius 1 is 0.508 bits per heavy atom. The fraction of sp³-hybridized carbons (Fsp3) is 0.702. The number of allylic oxidation sites excluding steroid dienone is 12. The summed E-state index contributed by atoms with van der Waals surface area (Å²) in [4.78, 5) is 35.7. The lowest BCUT2D eigenvalue weighted by molar-refractivity contribution is -0.220. The maximum Gasteiger partial charge on any atom is 0.472 e. The van der Waals surface area contributed by atoms with E-state index < -0.39 is 75.7 Å². The van der Waals surface area contributed by atoms with Gasteiger partial charge in [-0.25, -0.2) is 4.57 Å². The molecule has 1 rings (SSSR count). The van der Waals surface area contributed by atoms with Gasteiger partial charge in [0.25, 0.3) is 0 Å². The first kappa shape index (κ1) is 56.3. The normalized spacial score (nSPS) is 22.7. The predicted octanol–water partition coefficient (Wildman–Crippen LogP) is 8.72. The minimum absolute atomic E-state index is 0.0522. The number of carbonyl (C=O) groups excluding carboxylic acids is 2. The molecule has 6 unspecified atom stereocenters. The highest BCUT2D eigenvalue weighted by atomic mass is 31.2. The summed E-state index contributed by atoms with van der Waals surface area (Å²) in [5.74, 6) is -1.16. The zero-order valence-electron chi connectivity index (χ0n) is 36.9. The van der Waals surface area contributed by atoms with Gasteiger partial charge in [0.05, 0.1) is 6.61 Å². The molecule has 0 aliphatic heterocycles. The van der Waals surface area contributed by atoms with E-state index in [0.717, 1.165) is 89.9 Å². The van der Waals surface area contributed by atoms with Crippen molar-refractivity contribution in [3.8, 4) is 0 Å². The lowest BCUT2D eigenvalue weighted by atomic mass is 9.85. The fourth-order valence-corrected chi connectivity index (χ4v) is 7.28. The number of unbranched alkanes of at least 4 members (excludes halogenated alkanes) is 12. The maximum atomic E-state index is 12.8. The van der Waals surface area contributed by atoms with Gasteiger partial charge in [0.15, 0.2) is 6.10 Å². The van der Waals surface area contributed by atoms with Crippen LogP contribution >= 0.6 is 7.82 Å². The molecule has 0 bridgehead atoms. The van der Waals surface area contributed by atoms with Gasteiger partial charge in [-0.15, -0.1) is 0 Å². The predicted molar refractivity (Wildman–Crippen MR) is 239 cm³/mol. The van der Waals surface area contributed by atoms with E-state index in [1.807, 2.05) is 0 Å². The minimum Gasteiger partial charge on any atom is -0.462 e. The van der Waals surface area contributed by atoms with Crippen LogP contribution in [0.3, 0.4) is 0 Å². The topological polar surface area (TPSA) is 210 Å². The van der Waals surface area contributed by atoms with Gasteiger partial charge in [0.1, 0.15) is 43.2 Å². The van der Waals surface area contributed by atoms with Crippen LogP contribution in [-0.4, -0.2) is 98.3 Å². The third-order valence-electron chi connectivity index (χ3n) is 10.0. The van der Waals surface area contributed by atoms with Gasteiger partial charge in [-0.3, -0.25) is 18.6 Å². The number of carbonyl (C=O) groups is 2. The highest BCUT2D eigenvalue weighted by Crippen LogP contribution is 2.47. The molecule has 0 saturated heterocycles. The van der Waals surface area contributed by atoms with Crippen molar-refractivity contribution >= 4 is 19.8 Å². The van der Waals surface area contributed by atoms with E-state index in [1.54, 1.807) is 0 Å². The van der Waals surface area contributed by atoms with Crippen LogP contribution in [0.2, 0.25) is 0 Å². The van der Waals surface area contributed by atoms with Crippen LogP contribution in [0.1, 0.15) is 155 Å². The molecule has 350 valence electrons. The van der Waals surface area contributed by atoms with Gasteiger partial charge in [-0.2, -0.15) is 0 Å². The molecule has 0 aromatic carbocycles. The van der Waals surface area contributed by atoms with Gasteiger partial charge in [0, 0.05) is 12.8 Å². The van der Waals surface area contributed by atoms with Gasteiger partial charge in [-0.1, -0.05) is 132 Å². The minimum atomic E-state index is -5.13. The maximum absolute atomic E-state index is 12.8. The second-order valence-electron chi connectivity index (χ2n) is 15.5. The number of rotatable bonds is 36. The summed E-state index contributed by atoms with van der Waals surface area (Å²) >= 11 is 0. The summed E-state index contributed by atoms with van der Waals surface area (Å²) in [5, 5.41) is 50.1. The molecule has 1 saturated carbocycles. The molecule has 8 atom stereocenters. The first-order chi connectivity index (χ1) is 29.4. The average Bonchev–Trinajstić information content (AvgIpc) is 3.24. The van der Waals surface area contributed by atoms with Crippen molar-refractivity contribution in [2.75, 3.05) is 13.2 Å². The lowest BCUT2D eigenvalue weighted by Gasteiger charge is -2.41. The van der Waals surface area contributed by atoms with Gasteiger partial charge in [-0.05, 0) is 83.5 Å². The largest absolute Gasteiger partial charge is 0.472 e. The molecule has 14 heteroatoms. The van der Waals surface area contributed by atoms with E-state index in [2.05, 4.69) is 86.8 Å². The molecule has 1 fully saturated rings. The van der Waals surface area contributed by atoms with Crippen LogP contribution < -0.4 is 0 Å². The molecular formula is C47H79O13P. The molecule has 61 heavy (non-hydrogen) atoms. The monoisotopic (exact) mass is 883 g/mol. The Bertz CT molecular complexity index is 1340.